The standard InChI is InChI=1S/C20H24N4O3S/c1-21-20(22-12-14-7-9-16(10-8-14)28(2,26)27)23-13-15-11-19(25)24-18-6-4-3-5-17(15)18/h3-10,15H,11-13H2,1-2H3,(H,24,25)(H2,21,22,23). The number of carbonyl (C=O) groups is 1. The maximum Gasteiger partial charge on any atom is 0.225 e. The predicted molar refractivity (Wildman–Crippen MR) is 110 cm³/mol. The number of sulfone groups is 1. The molecule has 2 aromatic rings. The first-order valence-corrected chi connectivity index (χ1v) is 10.9. The highest BCUT2D eigenvalue weighted by molar-refractivity contribution is 7.90. The first-order chi connectivity index (χ1) is 13.4. The molecule has 3 rings (SSSR count). The van der Waals surface area contributed by atoms with Gasteiger partial charge >= 0.3 is 0 Å². The van der Waals surface area contributed by atoms with E-state index < -0.39 is 9.84 Å². The van der Waals surface area contributed by atoms with Crippen molar-refractivity contribution in [3.63, 3.8) is 0 Å². The van der Waals surface area contributed by atoms with Crippen molar-refractivity contribution in [1.82, 2.24) is 10.6 Å². The maximum absolute atomic E-state index is 11.9. The maximum atomic E-state index is 11.9. The normalized spacial score (nSPS) is 16.9. The van der Waals surface area contributed by atoms with Gasteiger partial charge in [0.05, 0.1) is 4.90 Å². The smallest absolute Gasteiger partial charge is 0.225 e. The molecular formula is C20H24N4O3S. The fourth-order valence-electron chi connectivity index (χ4n) is 3.16. The lowest BCUT2D eigenvalue weighted by Gasteiger charge is -2.26. The lowest BCUT2D eigenvalue weighted by atomic mass is 9.90. The number of carbonyl (C=O) groups excluding carboxylic acids is 1. The van der Waals surface area contributed by atoms with Crippen LogP contribution in [-0.2, 0) is 21.2 Å². The molecule has 0 saturated carbocycles. The number of fused-ring (bicyclic) bond motifs is 1. The summed E-state index contributed by atoms with van der Waals surface area (Å²) in [4.78, 5) is 16.4. The van der Waals surface area contributed by atoms with Gasteiger partial charge in [-0.2, -0.15) is 0 Å². The number of hydrogen-bond acceptors (Lipinski definition) is 4. The largest absolute Gasteiger partial charge is 0.356 e. The van der Waals surface area contributed by atoms with Crippen LogP contribution in [-0.4, -0.2) is 40.1 Å². The molecule has 148 valence electrons. The molecule has 1 amide bonds. The number of rotatable bonds is 5. The van der Waals surface area contributed by atoms with Crippen LogP contribution in [0.25, 0.3) is 0 Å². The van der Waals surface area contributed by atoms with Crippen molar-refractivity contribution in [1.29, 1.82) is 0 Å². The second kappa shape index (κ2) is 8.43. The number of nitrogens with one attached hydrogen (secondary N) is 3. The molecule has 1 heterocycles. The van der Waals surface area contributed by atoms with Crippen molar-refractivity contribution >= 4 is 27.4 Å². The third kappa shape index (κ3) is 4.89. The molecule has 1 aliphatic heterocycles. The van der Waals surface area contributed by atoms with E-state index in [2.05, 4.69) is 20.9 Å². The summed E-state index contributed by atoms with van der Waals surface area (Å²) in [6.45, 7) is 1.09. The van der Waals surface area contributed by atoms with Gasteiger partial charge < -0.3 is 16.0 Å². The van der Waals surface area contributed by atoms with Gasteiger partial charge in [0, 0.05) is 44.4 Å². The number of anilines is 1. The Hall–Kier alpha value is -2.87. The highest BCUT2D eigenvalue weighted by Crippen LogP contribution is 2.31. The minimum absolute atomic E-state index is 0.0133. The average molecular weight is 401 g/mol. The summed E-state index contributed by atoms with van der Waals surface area (Å²) in [6.07, 6.45) is 1.61. The highest BCUT2D eigenvalue weighted by atomic mass is 32.2. The molecule has 0 spiro atoms. The van der Waals surface area contributed by atoms with Crippen molar-refractivity contribution < 1.29 is 13.2 Å². The van der Waals surface area contributed by atoms with Crippen LogP contribution >= 0.6 is 0 Å². The van der Waals surface area contributed by atoms with Crippen LogP contribution in [0.3, 0.4) is 0 Å². The third-order valence-electron chi connectivity index (χ3n) is 4.66. The Balaban J connectivity index is 1.58. The molecule has 8 heteroatoms. The molecule has 0 bridgehead atoms. The molecule has 0 aromatic heterocycles. The van der Waals surface area contributed by atoms with Crippen molar-refractivity contribution in [3.05, 3.63) is 59.7 Å². The second-order valence-corrected chi connectivity index (χ2v) is 8.77. The van der Waals surface area contributed by atoms with Crippen LogP contribution in [0.4, 0.5) is 5.69 Å². The van der Waals surface area contributed by atoms with E-state index in [4.69, 9.17) is 0 Å². The Labute approximate surface area is 165 Å². The Morgan fingerprint density at radius 1 is 1.14 bits per heavy atom. The molecule has 28 heavy (non-hydrogen) atoms. The summed E-state index contributed by atoms with van der Waals surface area (Å²) >= 11 is 0. The molecule has 7 nitrogen and oxygen atoms in total. The van der Waals surface area contributed by atoms with Crippen LogP contribution in [0.5, 0.6) is 0 Å². The van der Waals surface area contributed by atoms with E-state index in [-0.39, 0.29) is 11.8 Å². The van der Waals surface area contributed by atoms with E-state index in [0.29, 0.717) is 30.4 Å². The average Bonchev–Trinajstić information content (AvgIpc) is 2.67. The van der Waals surface area contributed by atoms with E-state index in [1.807, 2.05) is 24.3 Å². The Morgan fingerprint density at radius 2 is 1.86 bits per heavy atom. The zero-order chi connectivity index (χ0) is 20.1. The zero-order valence-corrected chi connectivity index (χ0v) is 16.7. The first-order valence-electron chi connectivity index (χ1n) is 8.99. The first kappa shape index (κ1) is 19.9. The predicted octanol–water partition coefficient (Wildman–Crippen LogP) is 1.88. The summed E-state index contributed by atoms with van der Waals surface area (Å²) in [6, 6.07) is 14.6. The van der Waals surface area contributed by atoms with Gasteiger partial charge in [-0.25, -0.2) is 8.42 Å². The van der Waals surface area contributed by atoms with Crippen LogP contribution in [0.2, 0.25) is 0 Å². The topological polar surface area (TPSA) is 99.7 Å². The van der Waals surface area contributed by atoms with Gasteiger partial charge in [-0.3, -0.25) is 9.79 Å². The number of nitrogens with zero attached hydrogens (tertiary/aromatic N) is 1. The molecule has 0 saturated heterocycles. The van der Waals surface area contributed by atoms with Crippen LogP contribution in [0.15, 0.2) is 58.4 Å². The van der Waals surface area contributed by atoms with Gasteiger partial charge in [-0.1, -0.05) is 30.3 Å². The Kier molecular flexibility index (Phi) is 5.99. The Morgan fingerprint density at radius 3 is 2.54 bits per heavy atom. The van der Waals surface area contributed by atoms with Gasteiger partial charge in [0.1, 0.15) is 0 Å². The van der Waals surface area contributed by atoms with Gasteiger partial charge in [0.15, 0.2) is 15.8 Å². The molecule has 0 aliphatic carbocycles. The number of hydrogen-bond donors (Lipinski definition) is 3. The molecule has 1 aliphatic rings. The molecule has 0 radical (unpaired) electrons. The molecule has 0 fully saturated rings. The number of guanidine groups is 1. The van der Waals surface area contributed by atoms with Crippen molar-refractivity contribution in [2.24, 2.45) is 4.99 Å². The lowest BCUT2D eigenvalue weighted by molar-refractivity contribution is -0.116. The van der Waals surface area contributed by atoms with E-state index in [1.54, 1.807) is 31.3 Å². The van der Waals surface area contributed by atoms with Crippen molar-refractivity contribution in [2.75, 3.05) is 25.2 Å². The lowest BCUT2D eigenvalue weighted by Crippen LogP contribution is -2.40. The minimum atomic E-state index is -3.19. The number of aliphatic imine (C=N–C) groups is 1. The minimum Gasteiger partial charge on any atom is -0.356 e. The van der Waals surface area contributed by atoms with E-state index in [0.717, 1.165) is 16.8 Å². The van der Waals surface area contributed by atoms with E-state index in [1.165, 1.54) is 6.26 Å². The molecule has 2 aromatic carbocycles. The number of benzene rings is 2. The van der Waals surface area contributed by atoms with E-state index >= 15 is 0 Å². The van der Waals surface area contributed by atoms with Gasteiger partial charge in [-0.05, 0) is 29.3 Å². The number of amides is 1. The van der Waals surface area contributed by atoms with Gasteiger partial charge in [0.2, 0.25) is 5.91 Å². The highest BCUT2D eigenvalue weighted by Gasteiger charge is 2.24. The molecule has 1 unspecified atom stereocenters. The zero-order valence-electron chi connectivity index (χ0n) is 15.9. The fraction of sp³-hybridized carbons (Fsp3) is 0.300. The van der Waals surface area contributed by atoms with Crippen LogP contribution in [0.1, 0.15) is 23.5 Å². The van der Waals surface area contributed by atoms with Crippen molar-refractivity contribution in [3.8, 4) is 0 Å². The van der Waals surface area contributed by atoms with Crippen LogP contribution in [0, 0.1) is 0 Å². The molecular weight excluding hydrogens is 376 g/mol. The Bertz CT molecular complexity index is 985. The van der Waals surface area contributed by atoms with E-state index in [9.17, 15) is 13.2 Å². The SMILES string of the molecule is CN=C(NCc1ccc(S(C)(=O)=O)cc1)NCC1CC(=O)Nc2ccccc21. The summed E-state index contributed by atoms with van der Waals surface area (Å²) in [5.74, 6) is 0.701. The number of para-hydroxylation sites is 1. The quantitative estimate of drug-likeness (QED) is 0.526. The molecule has 3 N–H and O–H groups in total. The third-order valence-corrected chi connectivity index (χ3v) is 5.79. The fourth-order valence-corrected chi connectivity index (χ4v) is 3.80. The molecule has 1 atom stereocenters. The summed E-state index contributed by atoms with van der Waals surface area (Å²) in [5.41, 5.74) is 2.92. The summed E-state index contributed by atoms with van der Waals surface area (Å²) < 4.78 is 23.1. The summed E-state index contributed by atoms with van der Waals surface area (Å²) in [5, 5.41) is 9.37. The van der Waals surface area contributed by atoms with Gasteiger partial charge in [0.25, 0.3) is 0 Å². The van der Waals surface area contributed by atoms with Gasteiger partial charge in [-0.15, -0.1) is 0 Å². The summed E-state index contributed by atoms with van der Waals surface area (Å²) in [7, 11) is -1.51. The second-order valence-electron chi connectivity index (χ2n) is 6.76. The monoisotopic (exact) mass is 400 g/mol. The van der Waals surface area contributed by atoms with Crippen LogP contribution < -0.4 is 16.0 Å². The van der Waals surface area contributed by atoms with Crippen molar-refractivity contribution in [2.45, 2.75) is 23.8 Å².